The molecule has 2 heterocycles. The molecular weight excluding hydrogens is 428 g/mol. The molecule has 0 saturated heterocycles. The standard InChI is InChI=1S/C23H20N4O6/c1-14-8-17(12-31-2)19(10-24)22(26-14)32-13-21(28)27-25-11-18-6-7-20(33-18)15-4-3-5-16(9-15)23(29)30/h3-9,11H,12-13H2,1-2H3,(H,27,28)(H,29,30)/b25-11-. The van der Waals surface area contributed by atoms with Crippen molar-refractivity contribution in [2.45, 2.75) is 13.5 Å². The average Bonchev–Trinajstić information content (AvgIpc) is 3.27. The number of hydrogen-bond donors (Lipinski definition) is 2. The van der Waals surface area contributed by atoms with E-state index < -0.39 is 18.5 Å². The predicted molar refractivity (Wildman–Crippen MR) is 117 cm³/mol. The summed E-state index contributed by atoms with van der Waals surface area (Å²) < 4.78 is 16.1. The van der Waals surface area contributed by atoms with Crippen molar-refractivity contribution in [1.82, 2.24) is 10.4 Å². The molecule has 1 amide bonds. The van der Waals surface area contributed by atoms with Crippen LogP contribution in [0.5, 0.6) is 5.88 Å². The Bertz CT molecular complexity index is 1240. The number of aryl methyl sites for hydroxylation is 1. The Morgan fingerprint density at radius 1 is 1.30 bits per heavy atom. The molecule has 0 saturated carbocycles. The van der Waals surface area contributed by atoms with Crippen LogP contribution in [-0.2, 0) is 16.1 Å². The summed E-state index contributed by atoms with van der Waals surface area (Å²) in [5.41, 5.74) is 4.48. The maximum Gasteiger partial charge on any atom is 0.335 e. The van der Waals surface area contributed by atoms with Crippen molar-refractivity contribution in [2.75, 3.05) is 13.7 Å². The predicted octanol–water partition coefficient (Wildman–Crippen LogP) is 2.90. The normalized spacial score (nSPS) is 10.7. The van der Waals surface area contributed by atoms with E-state index in [1.807, 2.05) is 6.07 Å². The highest BCUT2D eigenvalue weighted by Gasteiger charge is 2.14. The van der Waals surface area contributed by atoms with Crippen molar-refractivity contribution in [3.63, 3.8) is 0 Å². The van der Waals surface area contributed by atoms with E-state index in [0.717, 1.165) is 0 Å². The van der Waals surface area contributed by atoms with Crippen LogP contribution < -0.4 is 10.2 Å². The summed E-state index contributed by atoms with van der Waals surface area (Å²) in [6.45, 7) is 1.55. The van der Waals surface area contributed by atoms with Gasteiger partial charge in [-0.15, -0.1) is 0 Å². The van der Waals surface area contributed by atoms with E-state index in [1.54, 1.807) is 37.3 Å². The van der Waals surface area contributed by atoms with Gasteiger partial charge in [0.2, 0.25) is 5.88 Å². The summed E-state index contributed by atoms with van der Waals surface area (Å²) in [7, 11) is 1.51. The number of pyridine rings is 1. The minimum Gasteiger partial charge on any atom is -0.478 e. The van der Waals surface area contributed by atoms with Crippen molar-refractivity contribution in [1.29, 1.82) is 5.26 Å². The molecule has 0 fully saturated rings. The van der Waals surface area contributed by atoms with Crippen LogP contribution in [-0.4, -0.2) is 41.9 Å². The number of amides is 1. The van der Waals surface area contributed by atoms with Crippen molar-refractivity contribution in [3.8, 4) is 23.3 Å². The van der Waals surface area contributed by atoms with E-state index in [9.17, 15) is 14.9 Å². The van der Waals surface area contributed by atoms with Gasteiger partial charge in [-0.3, -0.25) is 4.79 Å². The van der Waals surface area contributed by atoms with Crippen molar-refractivity contribution < 1.29 is 28.6 Å². The van der Waals surface area contributed by atoms with Gasteiger partial charge in [-0.25, -0.2) is 15.2 Å². The molecule has 0 aliphatic rings. The number of carbonyl (C=O) groups is 2. The minimum atomic E-state index is -1.03. The average molecular weight is 448 g/mol. The number of nitrogens with one attached hydrogen (secondary N) is 1. The maximum atomic E-state index is 12.1. The highest BCUT2D eigenvalue weighted by Crippen LogP contribution is 2.23. The Hall–Kier alpha value is -4.49. The second-order valence-electron chi connectivity index (χ2n) is 6.82. The van der Waals surface area contributed by atoms with Gasteiger partial charge in [-0.05, 0) is 37.3 Å². The van der Waals surface area contributed by atoms with Gasteiger partial charge in [0, 0.05) is 23.9 Å². The summed E-state index contributed by atoms with van der Waals surface area (Å²) in [5, 5.41) is 22.3. The van der Waals surface area contributed by atoms with Crippen molar-refractivity contribution >= 4 is 18.1 Å². The number of hydrazone groups is 1. The van der Waals surface area contributed by atoms with E-state index in [2.05, 4.69) is 15.5 Å². The molecule has 0 bridgehead atoms. The SMILES string of the molecule is COCc1cc(C)nc(OCC(=O)N/N=C\c2ccc(-c3cccc(C(=O)O)c3)o2)c1C#N. The topological polar surface area (TPSA) is 147 Å². The van der Waals surface area contributed by atoms with Gasteiger partial charge in [0.05, 0.1) is 18.4 Å². The first-order chi connectivity index (χ1) is 15.9. The third-order valence-corrected chi connectivity index (χ3v) is 4.35. The number of methoxy groups -OCH3 is 1. The van der Waals surface area contributed by atoms with Gasteiger partial charge in [-0.2, -0.15) is 10.4 Å². The Balaban J connectivity index is 1.59. The number of benzene rings is 1. The smallest absolute Gasteiger partial charge is 0.335 e. The molecular formula is C23H20N4O6. The fourth-order valence-electron chi connectivity index (χ4n) is 2.92. The Kier molecular flexibility index (Phi) is 7.51. The zero-order chi connectivity index (χ0) is 23.8. The molecule has 1 aromatic carbocycles. The van der Waals surface area contributed by atoms with Crippen LogP contribution in [0.15, 0.2) is 52.0 Å². The van der Waals surface area contributed by atoms with Gasteiger partial charge >= 0.3 is 5.97 Å². The van der Waals surface area contributed by atoms with Gasteiger partial charge in [0.1, 0.15) is 23.2 Å². The molecule has 168 valence electrons. The number of ether oxygens (including phenoxy) is 2. The number of carboxylic acid groups (broad SMARTS) is 1. The van der Waals surface area contributed by atoms with Gasteiger partial charge < -0.3 is 19.0 Å². The fraction of sp³-hybridized carbons (Fsp3) is 0.174. The first kappa shape index (κ1) is 23.2. The third-order valence-electron chi connectivity index (χ3n) is 4.35. The van der Waals surface area contributed by atoms with E-state index in [-0.39, 0.29) is 23.6 Å². The Morgan fingerprint density at radius 2 is 2.12 bits per heavy atom. The van der Waals surface area contributed by atoms with E-state index in [4.69, 9.17) is 19.0 Å². The summed E-state index contributed by atoms with van der Waals surface area (Å²) in [6.07, 6.45) is 1.30. The fourth-order valence-corrected chi connectivity index (χ4v) is 2.92. The van der Waals surface area contributed by atoms with Crippen LogP contribution in [0.3, 0.4) is 0 Å². The minimum absolute atomic E-state index is 0.0444. The van der Waals surface area contributed by atoms with Crippen LogP contribution in [0.1, 0.15) is 32.9 Å². The molecule has 3 rings (SSSR count). The molecule has 0 unspecified atom stereocenters. The van der Waals surface area contributed by atoms with Gasteiger partial charge in [0.25, 0.3) is 5.91 Å². The molecule has 0 aliphatic heterocycles. The number of hydrogen-bond acceptors (Lipinski definition) is 8. The Labute approximate surface area is 189 Å². The number of furan rings is 1. The number of aromatic nitrogens is 1. The molecule has 2 aromatic heterocycles. The monoisotopic (exact) mass is 448 g/mol. The number of nitrogens with zero attached hydrogens (tertiary/aromatic N) is 3. The second-order valence-corrected chi connectivity index (χ2v) is 6.82. The summed E-state index contributed by atoms with van der Waals surface area (Å²) in [6, 6.07) is 13.3. The lowest BCUT2D eigenvalue weighted by atomic mass is 10.1. The number of carbonyl (C=O) groups excluding carboxylic acids is 1. The lowest BCUT2D eigenvalue weighted by molar-refractivity contribution is -0.123. The quantitative estimate of drug-likeness (QED) is 0.375. The van der Waals surface area contributed by atoms with Crippen LogP contribution in [0, 0.1) is 18.3 Å². The van der Waals surface area contributed by atoms with E-state index in [0.29, 0.717) is 28.3 Å². The molecule has 0 spiro atoms. The largest absolute Gasteiger partial charge is 0.478 e. The maximum absolute atomic E-state index is 12.1. The zero-order valence-corrected chi connectivity index (χ0v) is 17.9. The Morgan fingerprint density at radius 3 is 2.85 bits per heavy atom. The highest BCUT2D eigenvalue weighted by atomic mass is 16.5. The molecule has 33 heavy (non-hydrogen) atoms. The first-order valence-electron chi connectivity index (χ1n) is 9.69. The van der Waals surface area contributed by atoms with Crippen molar-refractivity contribution in [3.05, 3.63) is 70.6 Å². The highest BCUT2D eigenvalue weighted by molar-refractivity contribution is 5.89. The summed E-state index contributed by atoms with van der Waals surface area (Å²) >= 11 is 0. The third kappa shape index (κ3) is 6.03. The van der Waals surface area contributed by atoms with Crippen LogP contribution in [0.2, 0.25) is 0 Å². The molecule has 2 N–H and O–H groups in total. The van der Waals surface area contributed by atoms with Crippen molar-refractivity contribution in [2.24, 2.45) is 5.10 Å². The zero-order valence-electron chi connectivity index (χ0n) is 17.9. The number of carboxylic acids is 1. The molecule has 0 radical (unpaired) electrons. The molecule has 3 aromatic rings. The molecule has 0 aliphatic carbocycles. The number of rotatable bonds is 9. The van der Waals surface area contributed by atoms with Gasteiger partial charge in [-0.1, -0.05) is 12.1 Å². The van der Waals surface area contributed by atoms with Crippen LogP contribution in [0.25, 0.3) is 11.3 Å². The first-order valence-corrected chi connectivity index (χ1v) is 9.69. The van der Waals surface area contributed by atoms with Crippen LogP contribution >= 0.6 is 0 Å². The van der Waals surface area contributed by atoms with E-state index >= 15 is 0 Å². The van der Waals surface area contributed by atoms with Gasteiger partial charge in [0.15, 0.2) is 6.61 Å². The molecule has 0 atom stereocenters. The molecule has 10 nitrogen and oxygen atoms in total. The molecule has 10 heteroatoms. The number of aromatic carboxylic acids is 1. The lowest BCUT2D eigenvalue weighted by Crippen LogP contribution is -2.25. The lowest BCUT2D eigenvalue weighted by Gasteiger charge is -2.10. The summed E-state index contributed by atoms with van der Waals surface area (Å²) in [4.78, 5) is 27.3. The second kappa shape index (κ2) is 10.7. The van der Waals surface area contributed by atoms with Crippen LogP contribution in [0.4, 0.5) is 0 Å². The van der Waals surface area contributed by atoms with E-state index in [1.165, 1.54) is 25.5 Å². The number of nitriles is 1. The summed E-state index contributed by atoms with van der Waals surface area (Å²) in [5.74, 6) is -0.748.